The highest BCUT2D eigenvalue weighted by Gasteiger charge is 2.23. The molecule has 0 radical (unpaired) electrons. The average Bonchev–Trinajstić information content (AvgIpc) is 2.69. The number of aliphatic hydroxyl groups is 1. The second-order valence-electron chi connectivity index (χ2n) is 5.72. The normalized spacial score (nSPS) is 11.3. The molecule has 0 unspecified atom stereocenters. The zero-order valence-corrected chi connectivity index (χ0v) is 17.7. The van der Waals surface area contributed by atoms with Crippen LogP contribution in [-0.2, 0) is 23.2 Å². The minimum Gasteiger partial charge on any atom is -0.470 e. The summed E-state index contributed by atoms with van der Waals surface area (Å²) < 4.78 is 33.4. The van der Waals surface area contributed by atoms with Gasteiger partial charge in [0, 0.05) is 0 Å². The lowest BCUT2D eigenvalue weighted by Crippen LogP contribution is -2.16. The summed E-state index contributed by atoms with van der Waals surface area (Å²) in [6, 6.07) is 11.3. The Morgan fingerprint density at radius 1 is 1.03 bits per heavy atom. The standard InChI is InChI=1S/C18H14Cl3N3O4S/c19-13-6-3-7-14(16(13)21)29(26,27)24-17-18(22-8-15(20)23-17)28-10-12-5-2-1-4-11(12)9-25/h1-8,25H,9-10H2,(H,23,24). The van der Waals surface area contributed by atoms with Gasteiger partial charge in [0.1, 0.15) is 16.7 Å². The highest BCUT2D eigenvalue weighted by molar-refractivity contribution is 7.92. The number of ether oxygens (including phenoxy) is 1. The quantitative estimate of drug-likeness (QED) is 0.529. The van der Waals surface area contributed by atoms with Gasteiger partial charge in [0.2, 0.25) is 5.82 Å². The topological polar surface area (TPSA) is 101 Å². The molecule has 0 fully saturated rings. The molecule has 1 aromatic heterocycles. The molecule has 0 saturated heterocycles. The molecule has 0 atom stereocenters. The zero-order valence-electron chi connectivity index (χ0n) is 14.6. The summed E-state index contributed by atoms with van der Waals surface area (Å²) in [7, 11) is -4.15. The Morgan fingerprint density at radius 3 is 2.48 bits per heavy atom. The van der Waals surface area contributed by atoms with Gasteiger partial charge in [0.25, 0.3) is 15.9 Å². The van der Waals surface area contributed by atoms with Crippen LogP contribution < -0.4 is 9.46 Å². The zero-order chi connectivity index (χ0) is 21.0. The number of sulfonamides is 1. The number of halogens is 3. The SMILES string of the molecule is O=S(=O)(Nc1nc(Cl)cnc1OCc1ccccc1CO)c1cccc(Cl)c1Cl. The molecule has 3 aromatic rings. The first kappa shape index (κ1) is 21.6. The van der Waals surface area contributed by atoms with E-state index in [0.717, 1.165) is 0 Å². The Hall–Kier alpha value is -2.10. The molecular formula is C18H14Cl3N3O4S. The van der Waals surface area contributed by atoms with Gasteiger partial charge in [-0.2, -0.15) is 0 Å². The molecule has 11 heteroatoms. The van der Waals surface area contributed by atoms with Crippen LogP contribution in [0.3, 0.4) is 0 Å². The van der Waals surface area contributed by atoms with Crippen molar-refractivity contribution in [1.82, 2.24) is 9.97 Å². The molecule has 7 nitrogen and oxygen atoms in total. The molecule has 29 heavy (non-hydrogen) atoms. The van der Waals surface area contributed by atoms with Crippen molar-refractivity contribution in [2.75, 3.05) is 4.72 Å². The Kier molecular flexibility index (Phi) is 6.81. The smallest absolute Gasteiger partial charge is 0.264 e. The maximum absolute atomic E-state index is 12.8. The maximum Gasteiger partial charge on any atom is 0.264 e. The monoisotopic (exact) mass is 473 g/mol. The number of hydrogen-bond acceptors (Lipinski definition) is 6. The predicted octanol–water partition coefficient (Wildman–Crippen LogP) is 4.31. The fourth-order valence-corrected chi connectivity index (χ4v) is 4.30. The van der Waals surface area contributed by atoms with E-state index in [2.05, 4.69) is 14.7 Å². The van der Waals surface area contributed by atoms with Crippen LogP contribution in [0.15, 0.2) is 53.6 Å². The first-order valence-corrected chi connectivity index (χ1v) is 10.7. The number of nitrogens with one attached hydrogen (secondary N) is 1. The van der Waals surface area contributed by atoms with E-state index in [-0.39, 0.29) is 45.0 Å². The van der Waals surface area contributed by atoms with E-state index in [9.17, 15) is 13.5 Å². The lowest BCUT2D eigenvalue weighted by molar-refractivity contribution is 0.266. The minimum atomic E-state index is -4.15. The first-order chi connectivity index (χ1) is 13.8. The third-order valence-electron chi connectivity index (χ3n) is 3.80. The second-order valence-corrected chi connectivity index (χ2v) is 8.54. The van der Waals surface area contributed by atoms with Crippen LogP contribution in [0.1, 0.15) is 11.1 Å². The van der Waals surface area contributed by atoms with Crippen molar-refractivity contribution < 1.29 is 18.3 Å². The maximum atomic E-state index is 12.8. The van der Waals surface area contributed by atoms with Crippen molar-refractivity contribution in [3.63, 3.8) is 0 Å². The minimum absolute atomic E-state index is 0.0275. The summed E-state index contributed by atoms with van der Waals surface area (Å²) in [6.07, 6.45) is 1.22. The molecule has 152 valence electrons. The summed E-state index contributed by atoms with van der Waals surface area (Å²) in [5, 5.41) is 9.34. The molecule has 3 rings (SSSR count). The predicted molar refractivity (Wildman–Crippen MR) is 111 cm³/mol. The summed E-state index contributed by atoms with van der Waals surface area (Å²) in [5.41, 5.74) is 1.38. The number of anilines is 1. The van der Waals surface area contributed by atoms with Crippen LogP contribution in [-0.4, -0.2) is 23.5 Å². The molecule has 1 heterocycles. The number of benzene rings is 2. The summed E-state index contributed by atoms with van der Waals surface area (Å²) in [6.45, 7) is -0.141. The van der Waals surface area contributed by atoms with Gasteiger partial charge in [0.05, 0.1) is 22.8 Å². The summed E-state index contributed by atoms with van der Waals surface area (Å²) in [4.78, 5) is 7.72. The second kappa shape index (κ2) is 9.15. The Bertz CT molecular complexity index is 1140. The molecular weight excluding hydrogens is 461 g/mol. The van der Waals surface area contributed by atoms with Gasteiger partial charge in [-0.1, -0.05) is 65.1 Å². The largest absolute Gasteiger partial charge is 0.470 e. The van der Waals surface area contributed by atoms with Crippen molar-refractivity contribution in [3.8, 4) is 5.88 Å². The van der Waals surface area contributed by atoms with Gasteiger partial charge in [-0.15, -0.1) is 0 Å². The highest BCUT2D eigenvalue weighted by Crippen LogP contribution is 2.31. The number of rotatable bonds is 7. The number of hydrogen-bond donors (Lipinski definition) is 2. The Morgan fingerprint density at radius 2 is 1.76 bits per heavy atom. The van der Waals surface area contributed by atoms with E-state index in [1.807, 2.05) is 0 Å². The van der Waals surface area contributed by atoms with Gasteiger partial charge in [0.15, 0.2) is 0 Å². The van der Waals surface area contributed by atoms with Gasteiger partial charge in [-0.3, -0.25) is 4.72 Å². The Balaban J connectivity index is 1.90. The van der Waals surface area contributed by atoms with Gasteiger partial charge >= 0.3 is 0 Å². The number of aliphatic hydroxyl groups excluding tert-OH is 1. The van der Waals surface area contributed by atoms with Crippen LogP contribution in [0.2, 0.25) is 15.2 Å². The summed E-state index contributed by atoms with van der Waals surface area (Å²) >= 11 is 17.8. The van der Waals surface area contributed by atoms with Crippen LogP contribution in [0.4, 0.5) is 5.82 Å². The van der Waals surface area contributed by atoms with Gasteiger partial charge in [-0.05, 0) is 23.3 Å². The number of nitrogens with zero attached hydrogens (tertiary/aromatic N) is 2. The van der Waals surface area contributed by atoms with Crippen molar-refractivity contribution in [1.29, 1.82) is 0 Å². The molecule has 0 spiro atoms. The van der Waals surface area contributed by atoms with Crippen LogP contribution in [0.25, 0.3) is 0 Å². The number of aromatic nitrogens is 2. The lowest BCUT2D eigenvalue weighted by Gasteiger charge is -2.14. The molecule has 0 saturated carbocycles. The third kappa shape index (κ3) is 5.09. The van der Waals surface area contributed by atoms with Crippen LogP contribution in [0.5, 0.6) is 5.88 Å². The highest BCUT2D eigenvalue weighted by atomic mass is 35.5. The molecule has 0 aliphatic rings. The fourth-order valence-electron chi connectivity index (χ4n) is 2.40. The van der Waals surface area contributed by atoms with Gasteiger partial charge < -0.3 is 9.84 Å². The van der Waals surface area contributed by atoms with Crippen molar-refractivity contribution >= 4 is 50.6 Å². The first-order valence-electron chi connectivity index (χ1n) is 8.11. The average molecular weight is 475 g/mol. The van der Waals surface area contributed by atoms with E-state index in [1.165, 1.54) is 24.4 Å². The van der Waals surface area contributed by atoms with Crippen molar-refractivity contribution in [2.24, 2.45) is 0 Å². The van der Waals surface area contributed by atoms with Crippen molar-refractivity contribution in [2.45, 2.75) is 18.1 Å². The Labute approximate surface area is 182 Å². The van der Waals surface area contributed by atoms with Crippen molar-refractivity contribution in [3.05, 3.63) is 75.0 Å². The molecule has 2 N–H and O–H groups in total. The van der Waals surface area contributed by atoms with E-state index in [4.69, 9.17) is 39.5 Å². The van der Waals surface area contributed by atoms with Crippen LogP contribution in [0, 0.1) is 0 Å². The molecule has 0 bridgehead atoms. The molecule has 0 amide bonds. The lowest BCUT2D eigenvalue weighted by atomic mass is 10.1. The third-order valence-corrected chi connectivity index (χ3v) is 6.29. The van der Waals surface area contributed by atoms with E-state index < -0.39 is 10.0 Å². The van der Waals surface area contributed by atoms with E-state index >= 15 is 0 Å². The van der Waals surface area contributed by atoms with E-state index in [1.54, 1.807) is 24.3 Å². The molecule has 0 aliphatic carbocycles. The molecule has 2 aromatic carbocycles. The summed E-state index contributed by atoms with van der Waals surface area (Å²) in [5.74, 6) is -0.307. The molecule has 0 aliphatic heterocycles. The van der Waals surface area contributed by atoms with Gasteiger partial charge in [-0.25, -0.2) is 18.4 Å². The fraction of sp³-hybridized carbons (Fsp3) is 0.111. The van der Waals surface area contributed by atoms with E-state index in [0.29, 0.717) is 11.1 Å². The van der Waals surface area contributed by atoms with Crippen LogP contribution >= 0.6 is 34.8 Å².